The molecule has 0 radical (unpaired) electrons. The number of hydrogen-bond donors (Lipinski definition) is 0. The van der Waals surface area contributed by atoms with E-state index in [9.17, 15) is 0 Å². The average molecular weight is 171 g/mol. The summed E-state index contributed by atoms with van der Waals surface area (Å²) in [5.41, 5.74) is 0. The van der Waals surface area contributed by atoms with Gasteiger partial charge in [-0.05, 0) is 33.1 Å². The second-order valence-electron chi connectivity index (χ2n) is 3.82. The van der Waals surface area contributed by atoms with E-state index in [1.54, 1.807) is 0 Å². The summed E-state index contributed by atoms with van der Waals surface area (Å²) in [7, 11) is 1.81. The van der Waals surface area contributed by atoms with Gasteiger partial charge in [-0.1, -0.05) is 6.92 Å². The normalized spacial score (nSPS) is 34.0. The zero-order valence-corrected chi connectivity index (χ0v) is 8.71. The van der Waals surface area contributed by atoms with Crippen LogP contribution in [0.3, 0.4) is 0 Å². The van der Waals surface area contributed by atoms with Crippen LogP contribution in [0.1, 0.15) is 40.0 Å². The molecule has 0 saturated carbocycles. The smallest absolute Gasteiger partial charge is 0.110 e. The fourth-order valence-electron chi connectivity index (χ4n) is 2.28. The van der Waals surface area contributed by atoms with E-state index in [1.807, 2.05) is 7.11 Å². The molecule has 2 heteroatoms. The monoisotopic (exact) mass is 171 g/mol. The molecule has 72 valence electrons. The van der Waals surface area contributed by atoms with Crippen molar-refractivity contribution in [1.29, 1.82) is 0 Å². The Morgan fingerprint density at radius 1 is 1.33 bits per heavy atom. The molecule has 1 aliphatic heterocycles. The Hall–Kier alpha value is -0.0800. The molecule has 0 bridgehead atoms. The lowest BCUT2D eigenvalue weighted by atomic mass is 10.2. The third-order valence-electron chi connectivity index (χ3n) is 2.97. The van der Waals surface area contributed by atoms with Gasteiger partial charge in [0, 0.05) is 19.2 Å². The second kappa shape index (κ2) is 4.24. The number of nitrogens with zero attached hydrogens (tertiary/aromatic N) is 1. The van der Waals surface area contributed by atoms with Gasteiger partial charge in [0.1, 0.15) is 6.23 Å². The minimum absolute atomic E-state index is 0.331. The highest BCUT2D eigenvalue weighted by Gasteiger charge is 2.32. The zero-order chi connectivity index (χ0) is 9.14. The molecule has 0 aromatic heterocycles. The van der Waals surface area contributed by atoms with Crippen LogP contribution in [0.15, 0.2) is 0 Å². The van der Waals surface area contributed by atoms with Crippen LogP contribution in [0.2, 0.25) is 0 Å². The summed E-state index contributed by atoms with van der Waals surface area (Å²) in [5, 5.41) is 0. The third kappa shape index (κ3) is 1.80. The molecule has 1 aliphatic rings. The lowest BCUT2D eigenvalue weighted by Gasteiger charge is -2.33. The molecule has 0 aromatic carbocycles. The summed E-state index contributed by atoms with van der Waals surface area (Å²) in [6.07, 6.45) is 4.06. The number of likely N-dealkylation sites (tertiary alicyclic amines) is 1. The first-order valence-corrected chi connectivity index (χ1v) is 5.01. The van der Waals surface area contributed by atoms with E-state index in [1.165, 1.54) is 12.8 Å². The van der Waals surface area contributed by atoms with E-state index in [0.29, 0.717) is 18.3 Å². The van der Waals surface area contributed by atoms with Gasteiger partial charge < -0.3 is 4.74 Å². The lowest BCUT2D eigenvalue weighted by Crippen LogP contribution is -2.42. The van der Waals surface area contributed by atoms with Gasteiger partial charge >= 0.3 is 0 Å². The topological polar surface area (TPSA) is 12.5 Å². The molecule has 1 heterocycles. The van der Waals surface area contributed by atoms with E-state index in [0.717, 1.165) is 6.42 Å². The summed E-state index contributed by atoms with van der Waals surface area (Å²) in [5.74, 6) is 0. The number of rotatable bonds is 3. The van der Waals surface area contributed by atoms with Crippen molar-refractivity contribution in [2.24, 2.45) is 0 Å². The summed E-state index contributed by atoms with van der Waals surface area (Å²) < 4.78 is 5.45. The van der Waals surface area contributed by atoms with Crippen LogP contribution in [0, 0.1) is 0 Å². The Labute approximate surface area is 75.9 Å². The maximum atomic E-state index is 5.45. The van der Waals surface area contributed by atoms with Crippen molar-refractivity contribution in [3.8, 4) is 0 Å². The highest BCUT2D eigenvalue weighted by Crippen LogP contribution is 2.27. The first kappa shape index (κ1) is 10.0. The molecule has 0 spiro atoms. The molecule has 0 amide bonds. The molecule has 2 unspecified atom stereocenters. The van der Waals surface area contributed by atoms with Gasteiger partial charge in [-0.25, -0.2) is 0 Å². The molecule has 3 atom stereocenters. The van der Waals surface area contributed by atoms with Gasteiger partial charge in [-0.2, -0.15) is 0 Å². The standard InChI is InChI=1S/C10H21NO/c1-5-10(12-4)11-8(2)6-7-9(11)3/h8-10H,5-7H2,1-4H3/t8-,9?,10?/m1/s1. The van der Waals surface area contributed by atoms with Gasteiger partial charge in [0.05, 0.1) is 0 Å². The molecule has 2 nitrogen and oxygen atoms in total. The summed E-state index contributed by atoms with van der Waals surface area (Å²) >= 11 is 0. The molecule has 0 aliphatic carbocycles. The third-order valence-corrected chi connectivity index (χ3v) is 2.97. The Kier molecular flexibility index (Phi) is 3.53. The maximum absolute atomic E-state index is 5.45. The van der Waals surface area contributed by atoms with E-state index in [2.05, 4.69) is 25.7 Å². The average Bonchev–Trinajstić information content (AvgIpc) is 2.38. The highest BCUT2D eigenvalue weighted by molar-refractivity contribution is 4.83. The predicted octanol–water partition coefficient (Wildman–Crippen LogP) is 2.24. The molecule has 1 saturated heterocycles. The van der Waals surface area contributed by atoms with Gasteiger partial charge in [0.15, 0.2) is 0 Å². The minimum Gasteiger partial charge on any atom is -0.366 e. The van der Waals surface area contributed by atoms with Crippen molar-refractivity contribution in [3.63, 3.8) is 0 Å². The largest absolute Gasteiger partial charge is 0.366 e. The molecule has 1 rings (SSSR count). The predicted molar refractivity (Wildman–Crippen MR) is 51.1 cm³/mol. The molecule has 0 aromatic rings. The molecular weight excluding hydrogens is 150 g/mol. The van der Waals surface area contributed by atoms with Crippen molar-refractivity contribution in [1.82, 2.24) is 4.90 Å². The van der Waals surface area contributed by atoms with E-state index in [4.69, 9.17) is 4.74 Å². The quantitative estimate of drug-likeness (QED) is 0.645. The number of ether oxygens (including phenoxy) is 1. The van der Waals surface area contributed by atoms with Crippen LogP contribution in [-0.4, -0.2) is 30.3 Å². The van der Waals surface area contributed by atoms with E-state index >= 15 is 0 Å². The van der Waals surface area contributed by atoms with Crippen LogP contribution in [0.4, 0.5) is 0 Å². The van der Waals surface area contributed by atoms with Crippen molar-refractivity contribution in [3.05, 3.63) is 0 Å². The first-order valence-electron chi connectivity index (χ1n) is 5.01. The number of hydrogen-bond acceptors (Lipinski definition) is 2. The van der Waals surface area contributed by atoms with Gasteiger partial charge in [-0.15, -0.1) is 0 Å². The van der Waals surface area contributed by atoms with Crippen LogP contribution in [0.5, 0.6) is 0 Å². The molecule has 12 heavy (non-hydrogen) atoms. The molecule has 1 fully saturated rings. The maximum Gasteiger partial charge on any atom is 0.110 e. The summed E-state index contributed by atoms with van der Waals surface area (Å²) in [6, 6.07) is 1.40. The van der Waals surface area contributed by atoms with Crippen LogP contribution in [-0.2, 0) is 4.74 Å². The zero-order valence-electron chi connectivity index (χ0n) is 8.71. The van der Waals surface area contributed by atoms with Gasteiger partial charge in [0.25, 0.3) is 0 Å². The first-order chi connectivity index (χ1) is 5.70. The fraction of sp³-hybridized carbons (Fsp3) is 1.00. The van der Waals surface area contributed by atoms with Crippen LogP contribution < -0.4 is 0 Å². The molecule has 0 N–H and O–H groups in total. The molecular formula is C10H21NO. The Balaban J connectivity index is 2.57. The Morgan fingerprint density at radius 2 is 1.83 bits per heavy atom. The number of methoxy groups -OCH3 is 1. The fourth-order valence-corrected chi connectivity index (χ4v) is 2.28. The van der Waals surface area contributed by atoms with Crippen LogP contribution in [0.25, 0.3) is 0 Å². The summed E-state index contributed by atoms with van der Waals surface area (Å²) in [4.78, 5) is 2.50. The van der Waals surface area contributed by atoms with Gasteiger partial charge in [0.2, 0.25) is 0 Å². The summed E-state index contributed by atoms with van der Waals surface area (Å²) in [6.45, 7) is 6.78. The van der Waals surface area contributed by atoms with E-state index in [-0.39, 0.29) is 0 Å². The highest BCUT2D eigenvalue weighted by atomic mass is 16.5. The van der Waals surface area contributed by atoms with Gasteiger partial charge in [-0.3, -0.25) is 4.90 Å². The minimum atomic E-state index is 0.331. The Bertz CT molecular complexity index is 124. The lowest BCUT2D eigenvalue weighted by molar-refractivity contribution is -0.0551. The second-order valence-corrected chi connectivity index (χ2v) is 3.82. The van der Waals surface area contributed by atoms with Crippen molar-refractivity contribution in [2.45, 2.75) is 58.3 Å². The van der Waals surface area contributed by atoms with Crippen LogP contribution >= 0.6 is 0 Å². The van der Waals surface area contributed by atoms with Crippen molar-refractivity contribution >= 4 is 0 Å². The SMILES string of the molecule is CCC(OC)N1C(C)CC[C@H]1C. The van der Waals surface area contributed by atoms with Crippen molar-refractivity contribution < 1.29 is 4.74 Å². The van der Waals surface area contributed by atoms with E-state index < -0.39 is 0 Å². The van der Waals surface area contributed by atoms with Crippen molar-refractivity contribution in [2.75, 3.05) is 7.11 Å². The Morgan fingerprint density at radius 3 is 2.17 bits per heavy atom.